The molecule has 4 rings (SSSR count). The van der Waals surface area contributed by atoms with Crippen LogP contribution in [0.1, 0.15) is 0 Å². The lowest BCUT2D eigenvalue weighted by Crippen LogP contribution is -2.11. The fourth-order valence-corrected chi connectivity index (χ4v) is 5.34. The number of hydrogen-bond donors (Lipinski definition) is 1. The first kappa shape index (κ1) is 21.1. The van der Waals surface area contributed by atoms with Gasteiger partial charge in [0.2, 0.25) is 10.0 Å². The molecule has 8 heteroatoms. The minimum Gasteiger partial charge on any atom is -0.235 e. The second-order valence-electron chi connectivity index (χ2n) is 6.47. The highest BCUT2D eigenvalue weighted by Crippen LogP contribution is 2.42. The first-order valence-corrected chi connectivity index (χ1v) is 12.9. The van der Waals surface area contributed by atoms with Crippen LogP contribution in [0.4, 0.5) is 0 Å². The van der Waals surface area contributed by atoms with Gasteiger partial charge in [0.25, 0.3) is 0 Å². The van der Waals surface area contributed by atoms with Crippen molar-refractivity contribution in [1.82, 2.24) is 4.98 Å². The summed E-state index contributed by atoms with van der Waals surface area (Å²) in [5.74, 6) is 0. The molecule has 0 aliphatic heterocycles. The van der Waals surface area contributed by atoms with Crippen LogP contribution in [0.25, 0.3) is 32.3 Å². The lowest BCUT2D eigenvalue weighted by Gasteiger charge is -2.05. The summed E-state index contributed by atoms with van der Waals surface area (Å²) in [7, 11) is -3.75. The Kier molecular flexibility index (Phi) is 5.99. The Hall–Kier alpha value is -2.16. The second-order valence-corrected chi connectivity index (χ2v) is 10.3. The third-order valence-corrected chi connectivity index (χ3v) is 7.68. The normalized spacial score (nSPS) is 11.6. The number of hydrogen-bond acceptors (Lipinski definition) is 5. The molecule has 0 radical (unpaired) electrons. The molecule has 0 fully saturated rings. The van der Waals surface area contributed by atoms with E-state index in [1.807, 2.05) is 30.5 Å². The molecule has 0 atom stereocenters. The lowest BCUT2D eigenvalue weighted by atomic mass is 10.1. The smallest absolute Gasteiger partial charge is 0.235 e. The van der Waals surface area contributed by atoms with Crippen molar-refractivity contribution in [1.29, 1.82) is 0 Å². The number of aromatic nitrogens is 1. The largest absolute Gasteiger partial charge is 0.238 e. The van der Waals surface area contributed by atoms with Crippen LogP contribution in [0.3, 0.4) is 0 Å². The van der Waals surface area contributed by atoms with E-state index in [0.717, 1.165) is 32.3 Å². The molecule has 2 N–H and O–H groups in total. The molecular formula is C22H17ClN2O2S3. The number of sulfonamides is 1. The summed E-state index contributed by atoms with van der Waals surface area (Å²) in [6.45, 7) is 0. The van der Waals surface area contributed by atoms with Gasteiger partial charge >= 0.3 is 0 Å². The summed E-state index contributed by atoms with van der Waals surface area (Å²) in [4.78, 5) is 7.10. The Morgan fingerprint density at radius 1 is 0.933 bits per heavy atom. The molecule has 0 unspecified atom stereocenters. The van der Waals surface area contributed by atoms with E-state index >= 15 is 0 Å². The Bertz CT molecular complexity index is 1300. The number of nitrogens with two attached hydrogens (primary N) is 1. The average Bonchev–Trinajstić information content (AvgIpc) is 3.19. The number of halogens is 1. The molecule has 0 saturated heterocycles. The number of thiazole rings is 1. The molecule has 0 aliphatic carbocycles. The monoisotopic (exact) mass is 472 g/mol. The van der Waals surface area contributed by atoms with Gasteiger partial charge in [0.15, 0.2) is 0 Å². The summed E-state index contributed by atoms with van der Waals surface area (Å²) in [5, 5.41) is 6.66. The molecule has 0 amide bonds. The van der Waals surface area contributed by atoms with Crippen LogP contribution in [0.5, 0.6) is 0 Å². The van der Waals surface area contributed by atoms with Gasteiger partial charge in [0.05, 0.1) is 20.5 Å². The molecular weight excluding hydrogens is 456 g/mol. The molecule has 30 heavy (non-hydrogen) atoms. The van der Waals surface area contributed by atoms with E-state index in [1.54, 1.807) is 35.2 Å². The van der Waals surface area contributed by atoms with Crippen LogP contribution in [0.2, 0.25) is 5.02 Å². The fraction of sp³-hybridized carbons (Fsp3) is 0.0455. The first-order chi connectivity index (χ1) is 14.4. The van der Waals surface area contributed by atoms with Gasteiger partial charge < -0.3 is 0 Å². The van der Waals surface area contributed by atoms with Gasteiger partial charge in [0, 0.05) is 16.0 Å². The molecule has 0 spiro atoms. The fourth-order valence-electron chi connectivity index (χ4n) is 3.01. The summed E-state index contributed by atoms with van der Waals surface area (Å²) >= 11 is 9.64. The molecule has 152 valence electrons. The van der Waals surface area contributed by atoms with E-state index in [-0.39, 0.29) is 4.90 Å². The quantitative estimate of drug-likeness (QED) is 0.352. The number of rotatable bonds is 5. The summed E-state index contributed by atoms with van der Waals surface area (Å²) in [5.41, 5.74) is 3.47. The van der Waals surface area contributed by atoms with Gasteiger partial charge in [-0.3, -0.25) is 0 Å². The van der Waals surface area contributed by atoms with Gasteiger partial charge in [-0.05, 0) is 42.2 Å². The minimum atomic E-state index is -3.75. The van der Waals surface area contributed by atoms with Crippen molar-refractivity contribution in [3.8, 4) is 32.3 Å². The third-order valence-electron chi connectivity index (χ3n) is 4.54. The van der Waals surface area contributed by atoms with Crippen molar-refractivity contribution >= 4 is 44.7 Å². The van der Waals surface area contributed by atoms with Gasteiger partial charge in [-0.25, -0.2) is 18.5 Å². The maximum absolute atomic E-state index is 11.6. The number of benzene rings is 3. The number of thioether (sulfide) groups is 1. The molecule has 4 aromatic rings. The Balaban J connectivity index is 1.88. The van der Waals surface area contributed by atoms with Crippen LogP contribution in [-0.2, 0) is 10.0 Å². The summed E-state index contributed by atoms with van der Waals surface area (Å²) in [6.07, 6.45) is 2.04. The number of primary sulfonamides is 1. The van der Waals surface area contributed by atoms with Crippen LogP contribution in [0, 0.1) is 0 Å². The molecule has 0 bridgehead atoms. The Morgan fingerprint density at radius 3 is 2.17 bits per heavy atom. The van der Waals surface area contributed by atoms with Crippen molar-refractivity contribution in [2.24, 2.45) is 5.14 Å². The lowest BCUT2D eigenvalue weighted by molar-refractivity contribution is 0.598. The zero-order valence-electron chi connectivity index (χ0n) is 15.9. The van der Waals surface area contributed by atoms with Crippen molar-refractivity contribution in [3.05, 3.63) is 77.8 Å². The first-order valence-electron chi connectivity index (χ1n) is 8.90. The molecule has 3 aromatic carbocycles. The summed E-state index contributed by atoms with van der Waals surface area (Å²) < 4.78 is 23.2. The second kappa shape index (κ2) is 8.53. The number of nitrogens with zero attached hydrogens (tertiary/aromatic N) is 1. The molecule has 0 aliphatic rings. The van der Waals surface area contributed by atoms with Crippen molar-refractivity contribution < 1.29 is 8.42 Å². The van der Waals surface area contributed by atoms with E-state index in [4.69, 9.17) is 21.7 Å². The van der Waals surface area contributed by atoms with Gasteiger partial charge in [-0.1, -0.05) is 54.1 Å². The van der Waals surface area contributed by atoms with Crippen LogP contribution >= 0.6 is 34.7 Å². The Morgan fingerprint density at radius 2 is 1.57 bits per heavy atom. The zero-order chi connectivity index (χ0) is 21.3. The summed E-state index contributed by atoms with van der Waals surface area (Å²) in [6, 6.07) is 22.3. The van der Waals surface area contributed by atoms with Crippen LogP contribution in [-0.4, -0.2) is 19.7 Å². The third kappa shape index (κ3) is 4.31. The van der Waals surface area contributed by atoms with Crippen molar-refractivity contribution in [2.45, 2.75) is 9.79 Å². The average molecular weight is 473 g/mol. The van der Waals surface area contributed by atoms with E-state index < -0.39 is 10.0 Å². The van der Waals surface area contributed by atoms with Crippen molar-refractivity contribution in [2.75, 3.05) is 6.26 Å². The highest BCUT2D eigenvalue weighted by molar-refractivity contribution is 7.98. The molecule has 1 aromatic heterocycles. The van der Waals surface area contributed by atoms with Crippen LogP contribution < -0.4 is 5.14 Å². The van der Waals surface area contributed by atoms with E-state index in [9.17, 15) is 8.42 Å². The van der Waals surface area contributed by atoms with Gasteiger partial charge in [-0.2, -0.15) is 0 Å². The van der Waals surface area contributed by atoms with Crippen LogP contribution in [0.15, 0.2) is 82.6 Å². The Labute approximate surface area is 188 Å². The standard InChI is InChI=1S/C22H17ClN2O2S3/c1-28-16-10-6-15(7-11-16)21-20(14-8-12-17(13-9-14)30(24,26)27)25-22(29-21)18-4-2-3-5-19(18)23/h2-13H,1H3,(H2,24,26,27). The maximum Gasteiger partial charge on any atom is 0.238 e. The SMILES string of the molecule is CSc1ccc(-c2sc(-c3ccccc3Cl)nc2-c2ccc(S(N)(=O)=O)cc2)cc1. The topological polar surface area (TPSA) is 73.0 Å². The minimum absolute atomic E-state index is 0.0682. The zero-order valence-corrected chi connectivity index (χ0v) is 19.1. The predicted octanol–water partition coefficient (Wildman–Crippen LogP) is 6.17. The van der Waals surface area contributed by atoms with E-state index in [2.05, 4.69) is 24.3 Å². The highest BCUT2D eigenvalue weighted by Gasteiger charge is 2.18. The molecule has 0 saturated carbocycles. The highest BCUT2D eigenvalue weighted by atomic mass is 35.5. The van der Waals surface area contributed by atoms with Crippen molar-refractivity contribution in [3.63, 3.8) is 0 Å². The maximum atomic E-state index is 11.6. The van der Waals surface area contributed by atoms with E-state index in [0.29, 0.717) is 5.02 Å². The predicted molar refractivity (Wildman–Crippen MR) is 127 cm³/mol. The van der Waals surface area contributed by atoms with Gasteiger partial charge in [0.1, 0.15) is 5.01 Å². The molecule has 1 heterocycles. The molecule has 4 nitrogen and oxygen atoms in total. The van der Waals surface area contributed by atoms with E-state index in [1.165, 1.54) is 17.0 Å². The van der Waals surface area contributed by atoms with Gasteiger partial charge in [-0.15, -0.1) is 23.1 Å².